The van der Waals surface area contributed by atoms with Crippen LogP contribution in [-0.4, -0.2) is 31.9 Å². The third-order valence-electron chi connectivity index (χ3n) is 3.38. The lowest BCUT2D eigenvalue weighted by Gasteiger charge is -2.09. The van der Waals surface area contributed by atoms with E-state index in [4.69, 9.17) is 0 Å². The number of amides is 1. The number of aromatic nitrogens is 4. The van der Waals surface area contributed by atoms with Crippen molar-refractivity contribution in [3.63, 3.8) is 0 Å². The molecule has 0 saturated carbocycles. The number of rotatable bonds is 6. The Hall–Kier alpha value is -2.19. The van der Waals surface area contributed by atoms with Crippen LogP contribution in [0.5, 0.6) is 0 Å². The van der Waals surface area contributed by atoms with Crippen molar-refractivity contribution in [3.8, 4) is 0 Å². The minimum absolute atomic E-state index is 0.0700. The van der Waals surface area contributed by atoms with Gasteiger partial charge in [0.05, 0.1) is 12.3 Å². The van der Waals surface area contributed by atoms with Gasteiger partial charge in [0.25, 0.3) is 0 Å². The molecule has 0 unspecified atom stereocenters. The van der Waals surface area contributed by atoms with Crippen molar-refractivity contribution >= 4 is 34.7 Å². The Morgan fingerprint density at radius 1 is 1.33 bits per heavy atom. The molecule has 124 valence electrons. The summed E-state index contributed by atoms with van der Waals surface area (Å²) in [5, 5.41) is 17.3. The number of tetrazole rings is 1. The number of aryl methyl sites for hydroxylation is 2. The van der Waals surface area contributed by atoms with Gasteiger partial charge in [-0.25, -0.2) is 4.68 Å². The number of thiophene rings is 1. The maximum absolute atomic E-state index is 12.2. The highest BCUT2D eigenvalue weighted by Crippen LogP contribution is 2.19. The first-order chi connectivity index (χ1) is 11.6. The average Bonchev–Trinajstić information content (AvgIpc) is 3.21. The number of benzene rings is 1. The molecule has 0 aliphatic carbocycles. The zero-order valence-electron chi connectivity index (χ0n) is 13.4. The van der Waals surface area contributed by atoms with Crippen LogP contribution in [0.4, 0.5) is 5.69 Å². The molecule has 2 heterocycles. The van der Waals surface area contributed by atoms with Gasteiger partial charge in [0.2, 0.25) is 11.1 Å². The van der Waals surface area contributed by atoms with E-state index in [1.807, 2.05) is 49.6 Å². The van der Waals surface area contributed by atoms with Gasteiger partial charge in [-0.2, -0.15) is 0 Å². The quantitative estimate of drug-likeness (QED) is 0.685. The molecule has 6 nitrogen and oxygen atoms in total. The van der Waals surface area contributed by atoms with Crippen LogP contribution in [0.2, 0.25) is 0 Å². The van der Waals surface area contributed by atoms with Crippen molar-refractivity contribution in [1.29, 1.82) is 0 Å². The Balaban J connectivity index is 1.59. The molecule has 0 fully saturated rings. The minimum Gasteiger partial charge on any atom is -0.325 e. The van der Waals surface area contributed by atoms with Crippen molar-refractivity contribution in [2.45, 2.75) is 25.5 Å². The molecule has 1 N–H and O–H groups in total. The fourth-order valence-electron chi connectivity index (χ4n) is 2.14. The number of hydrogen-bond acceptors (Lipinski definition) is 6. The Bertz CT molecular complexity index is 829. The first-order valence-corrected chi connectivity index (χ1v) is 9.27. The van der Waals surface area contributed by atoms with Crippen LogP contribution in [-0.2, 0) is 11.3 Å². The number of nitrogens with one attached hydrogen (secondary N) is 1. The van der Waals surface area contributed by atoms with Gasteiger partial charge in [-0.05, 0) is 52.9 Å². The summed E-state index contributed by atoms with van der Waals surface area (Å²) in [4.78, 5) is 13.4. The number of hydrogen-bond donors (Lipinski definition) is 1. The van der Waals surface area contributed by atoms with Crippen molar-refractivity contribution in [1.82, 2.24) is 20.2 Å². The first-order valence-electron chi connectivity index (χ1n) is 7.40. The standard InChI is InChI=1S/C16H17N5OS2/c1-11-5-6-12(2)14(8-11)17-15(22)10-24-16-18-19-20-21(16)9-13-4-3-7-23-13/h3-8H,9-10H2,1-2H3,(H,17,22). The van der Waals surface area contributed by atoms with E-state index in [0.29, 0.717) is 11.7 Å². The number of carbonyl (C=O) groups excluding carboxylic acids is 1. The van der Waals surface area contributed by atoms with Gasteiger partial charge in [-0.1, -0.05) is 30.0 Å². The molecule has 2 aromatic heterocycles. The Labute approximate surface area is 148 Å². The van der Waals surface area contributed by atoms with Crippen LogP contribution in [0.1, 0.15) is 16.0 Å². The SMILES string of the molecule is Cc1ccc(C)c(NC(=O)CSc2nnnn2Cc2cccs2)c1. The van der Waals surface area contributed by atoms with Gasteiger partial charge in [0, 0.05) is 10.6 Å². The molecule has 3 aromatic rings. The fraction of sp³-hybridized carbons (Fsp3) is 0.250. The normalized spacial score (nSPS) is 10.8. The molecule has 1 aromatic carbocycles. The summed E-state index contributed by atoms with van der Waals surface area (Å²) in [6.45, 7) is 4.60. The summed E-state index contributed by atoms with van der Waals surface area (Å²) in [5.74, 6) is 0.192. The monoisotopic (exact) mass is 359 g/mol. The summed E-state index contributed by atoms with van der Waals surface area (Å²) in [5.41, 5.74) is 3.00. The van der Waals surface area contributed by atoms with Crippen LogP contribution in [0.25, 0.3) is 0 Å². The van der Waals surface area contributed by atoms with E-state index in [2.05, 4.69) is 20.8 Å². The Morgan fingerprint density at radius 3 is 3.00 bits per heavy atom. The second kappa shape index (κ2) is 7.59. The lowest BCUT2D eigenvalue weighted by Crippen LogP contribution is -2.15. The van der Waals surface area contributed by atoms with Gasteiger partial charge in [0.1, 0.15) is 0 Å². The molecule has 0 saturated heterocycles. The smallest absolute Gasteiger partial charge is 0.234 e. The van der Waals surface area contributed by atoms with Crippen LogP contribution in [0, 0.1) is 13.8 Å². The van der Waals surface area contributed by atoms with Gasteiger partial charge in [-0.15, -0.1) is 16.4 Å². The molecule has 0 radical (unpaired) electrons. The summed E-state index contributed by atoms with van der Waals surface area (Å²) in [6.07, 6.45) is 0. The van der Waals surface area contributed by atoms with Crippen molar-refractivity contribution < 1.29 is 4.79 Å². The number of nitrogens with zero attached hydrogens (tertiary/aromatic N) is 4. The molecule has 0 aliphatic rings. The molecular weight excluding hydrogens is 342 g/mol. The highest BCUT2D eigenvalue weighted by atomic mass is 32.2. The van der Waals surface area contributed by atoms with E-state index < -0.39 is 0 Å². The highest BCUT2D eigenvalue weighted by molar-refractivity contribution is 7.99. The van der Waals surface area contributed by atoms with Crippen molar-refractivity contribution in [2.24, 2.45) is 0 Å². The topological polar surface area (TPSA) is 72.7 Å². The molecule has 1 amide bonds. The van der Waals surface area contributed by atoms with E-state index in [1.165, 1.54) is 16.6 Å². The van der Waals surface area contributed by atoms with Crippen molar-refractivity contribution in [2.75, 3.05) is 11.1 Å². The second-order valence-corrected chi connectivity index (χ2v) is 7.33. The lowest BCUT2D eigenvalue weighted by atomic mass is 10.1. The van der Waals surface area contributed by atoms with Crippen LogP contribution < -0.4 is 5.32 Å². The van der Waals surface area contributed by atoms with Gasteiger partial charge in [0.15, 0.2) is 0 Å². The molecular formula is C16H17N5OS2. The van der Waals surface area contributed by atoms with E-state index in [1.54, 1.807) is 16.0 Å². The highest BCUT2D eigenvalue weighted by Gasteiger charge is 2.11. The third kappa shape index (κ3) is 4.21. The maximum atomic E-state index is 12.2. The maximum Gasteiger partial charge on any atom is 0.234 e. The molecule has 0 atom stereocenters. The van der Waals surface area contributed by atoms with E-state index in [-0.39, 0.29) is 11.7 Å². The van der Waals surface area contributed by atoms with Gasteiger partial charge < -0.3 is 5.32 Å². The zero-order chi connectivity index (χ0) is 16.9. The fourth-order valence-corrected chi connectivity index (χ4v) is 3.50. The van der Waals surface area contributed by atoms with Crippen LogP contribution in [0.3, 0.4) is 0 Å². The van der Waals surface area contributed by atoms with E-state index in [0.717, 1.165) is 16.8 Å². The third-order valence-corrected chi connectivity index (χ3v) is 5.20. The second-order valence-electron chi connectivity index (χ2n) is 5.35. The summed E-state index contributed by atoms with van der Waals surface area (Å²) in [7, 11) is 0. The number of carbonyl (C=O) groups is 1. The molecule has 0 bridgehead atoms. The zero-order valence-corrected chi connectivity index (χ0v) is 15.0. The van der Waals surface area contributed by atoms with Crippen LogP contribution >= 0.6 is 23.1 Å². The number of thioether (sulfide) groups is 1. The van der Waals surface area contributed by atoms with Crippen molar-refractivity contribution in [3.05, 3.63) is 51.7 Å². The summed E-state index contributed by atoms with van der Waals surface area (Å²) < 4.78 is 1.71. The van der Waals surface area contributed by atoms with Gasteiger partial charge >= 0.3 is 0 Å². The predicted octanol–water partition coefficient (Wildman–Crippen LogP) is 3.13. The van der Waals surface area contributed by atoms with Gasteiger partial charge in [-0.3, -0.25) is 4.79 Å². The summed E-state index contributed by atoms with van der Waals surface area (Å²) in [6, 6.07) is 10.0. The predicted molar refractivity (Wildman–Crippen MR) is 96.5 cm³/mol. The van der Waals surface area contributed by atoms with Crippen LogP contribution in [0.15, 0.2) is 40.9 Å². The Morgan fingerprint density at radius 2 is 2.21 bits per heavy atom. The first kappa shape index (κ1) is 16.7. The molecule has 24 heavy (non-hydrogen) atoms. The average molecular weight is 359 g/mol. The Kier molecular flexibility index (Phi) is 5.27. The molecule has 0 spiro atoms. The number of anilines is 1. The largest absolute Gasteiger partial charge is 0.325 e. The molecule has 0 aliphatic heterocycles. The minimum atomic E-state index is -0.0700. The lowest BCUT2D eigenvalue weighted by molar-refractivity contribution is -0.113. The molecule has 3 rings (SSSR count). The van der Waals surface area contributed by atoms with E-state index >= 15 is 0 Å². The molecule has 8 heteroatoms. The van der Waals surface area contributed by atoms with E-state index in [9.17, 15) is 4.79 Å². The summed E-state index contributed by atoms with van der Waals surface area (Å²) >= 11 is 2.99.